The van der Waals surface area contributed by atoms with Crippen molar-refractivity contribution in [1.29, 1.82) is 0 Å². The molecule has 13 heteroatoms. The van der Waals surface area contributed by atoms with Crippen LogP contribution in [0.15, 0.2) is 59.7 Å². The van der Waals surface area contributed by atoms with Crippen LogP contribution in [-0.2, 0) is 17.9 Å². The maximum absolute atomic E-state index is 14.8. The molecule has 2 unspecified atom stereocenters. The number of hydrogen-bond acceptors (Lipinski definition) is 5. The second-order valence-electron chi connectivity index (χ2n) is 9.44. The van der Waals surface area contributed by atoms with Crippen molar-refractivity contribution >= 4 is 11.7 Å². The molecule has 2 aromatic heterocycles. The van der Waals surface area contributed by atoms with E-state index < -0.39 is 73.0 Å². The Bertz CT molecular complexity index is 1260. The third kappa shape index (κ3) is 9.33. The molecule has 1 aliphatic rings. The lowest BCUT2D eigenvalue weighted by Crippen LogP contribution is -2.52. The predicted molar refractivity (Wildman–Crippen MR) is 138 cm³/mol. The Morgan fingerprint density at radius 3 is 2.52 bits per heavy atom. The zero-order chi connectivity index (χ0) is 30.3. The van der Waals surface area contributed by atoms with Crippen LogP contribution < -0.4 is 10.9 Å². The number of pyridine rings is 2. The number of rotatable bonds is 7. The molecule has 2 atom stereocenters. The minimum atomic E-state index is -4.78. The fourth-order valence-electron chi connectivity index (χ4n) is 4.10. The van der Waals surface area contributed by atoms with Crippen LogP contribution >= 0.6 is 0 Å². The predicted octanol–water partition coefficient (Wildman–Crippen LogP) is 5.03. The van der Waals surface area contributed by atoms with Gasteiger partial charge in [0.2, 0.25) is 5.91 Å². The van der Waals surface area contributed by atoms with Crippen molar-refractivity contribution < 1.29 is 36.2 Å². The van der Waals surface area contributed by atoms with Gasteiger partial charge in [0.25, 0.3) is 11.5 Å². The SMILES string of the molecule is C=C(C)/C=C\C.CC(C(=O)Nc1ccc(F)cn1)N1CCC(F)(F)C(c2cc(CO)c(=O)n(CC(F)(F)F)c2)C1. The maximum Gasteiger partial charge on any atom is 0.406 e. The molecule has 0 aliphatic carbocycles. The van der Waals surface area contributed by atoms with E-state index >= 15 is 0 Å². The van der Waals surface area contributed by atoms with Gasteiger partial charge in [-0.25, -0.2) is 18.2 Å². The molecule has 3 rings (SSSR count). The van der Waals surface area contributed by atoms with Gasteiger partial charge in [-0.2, -0.15) is 13.2 Å². The Morgan fingerprint density at radius 2 is 2.02 bits per heavy atom. The van der Waals surface area contributed by atoms with E-state index in [1.165, 1.54) is 17.9 Å². The Kier molecular flexibility index (Phi) is 11.3. The van der Waals surface area contributed by atoms with Gasteiger partial charge in [-0.1, -0.05) is 24.3 Å². The fourth-order valence-corrected chi connectivity index (χ4v) is 4.10. The van der Waals surface area contributed by atoms with Crippen LogP contribution in [0.3, 0.4) is 0 Å². The van der Waals surface area contributed by atoms with Crippen LogP contribution in [0, 0.1) is 5.82 Å². The quantitative estimate of drug-likeness (QED) is 0.358. The van der Waals surface area contributed by atoms with Crippen LogP contribution in [-0.4, -0.2) is 56.7 Å². The number of alkyl halides is 5. The number of piperidine rings is 1. The normalized spacial score (nSPS) is 18.1. The molecular weight excluding hydrogens is 542 g/mol. The monoisotopic (exact) mass is 574 g/mol. The number of carbonyl (C=O) groups is 1. The number of likely N-dealkylation sites (tertiary alicyclic amines) is 1. The summed E-state index contributed by atoms with van der Waals surface area (Å²) in [6.07, 6.45) is 0.104. The Balaban J connectivity index is 0.000000840. The van der Waals surface area contributed by atoms with Gasteiger partial charge in [0.15, 0.2) is 0 Å². The van der Waals surface area contributed by atoms with Crippen molar-refractivity contribution in [1.82, 2.24) is 14.5 Å². The van der Waals surface area contributed by atoms with Gasteiger partial charge < -0.3 is 15.0 Å². The highest BCUT2D eigenvalue weighted by atomic mass is 19.4. The number of anilines is 1. The van der Waals surface area contributed by atoms with Gasteiger partial charge in [0, 0.05) is 31.3 Å². The summed E-state index contributed by atoms with van der Waals surface area (Å²) >= 11 is 0. The number of aliphatic hydroxyl groups excluding tert-OH is 1. The number of halogens is 6. The zero-order valence-electron chi connectivity index (χ0n) is 22.3. The minimum Gasteiger partial charge on any atom is -0.391 e. The lowest BCUT2D eigenvalue weighted by molar-refractivity contribution is -0.141. The molecule has 0 radical (unpaired) electrons. The molecule has 40 heavy (non-hydrogen) atoms. The van der Waals surface area contributed by atoms with Gasteiger partial charge in [-0.3, -0.25) is 14.5 Å². The van der Waals surface area contributed by atoms with E-state index in [2.05, 4.69) is 16.9 Å². The molecule has 0 bridgehead atoms. The number of allylic oxidation sites excluding steroid dienone is 3. The number of amides is 1. The van der Waals surface area contributed by atoms with Crippen LogP contribution in [0.2, 0.25) is 0 Å². The molecule has 0 spiro atoms. The van der Waals surface area contributed by atoms with Gasteiger partial charge in [-0.15, -0.1) is 0 Å². The van der Waals surface area contributed by atoms with Gasteiger partial charge >= 0.3 is 6.18 Å². The fraction of sp³-hybridized carbons (Fsp3) is 0.444. The van der Waals surface area contributed by atoms with Crippen LogP contribution in [0.4, 0.5) is 32.2 Å². The second-order valence-corrected chi connectivity index (χ2v) is 9.44. The number of aliphatic hydroxyl groups is 1. The summed E-state index contributed by atoms with van der Waals surface area (Å²) in [4.78, 5) is 29.9. The summed E-state index contributed by atoms with van der Waals surface area (Å²) in [5, 5.41) is 11.8. The van der Waals surface area contributed by atoms with E-state index in [1.54, 1.807) is 0 Å². The summed E-state index contributed by atoms with van der Waals surface area (Å²) < 4.78 is 81.6. The van der Waals surface area contributed by atoms with Gasteiger partial charge in [-0.05, 0) is 44.5 Å². The third-order valence-corrected chi connectivity index (χ3v) is 6.12. The lowest BCUT2D eigenvalue weighted by Gasteiger charge is -2.41. The first kappa shape index (κ1) is 32.8. The van der Waals surface area contributed by atoms with Crippen molar-refractivity contribution in [3.63, 3.8) is 0 Å². The van der Waals surface area contributed by atoms with Crippen molar-refractivity contribution in [3.8, 4) is 0 Å². The first-order valence-corrected chi connectivity index (χ1v) is 12.3. The number of carbonyl (C=O) groups excluding carboxylic acids is 1. The molecule has 1 fully saturated rings. The lowest BCUT2D eigenvalue weighted by atomic mass is 9.86. The molecule has 220 valence electrons. The maximum atomic E-state index is 14.8. The molecule has 2 aromatic rings. The zero-order valence-corrected chi connectivity index (χ0v) is 22.3. The topological polar surface area (TPSA) is 87.5 Å². The minimum absolute atomic E-state index is 0.0592. The number of nitrogens with one attached hydrogen (secondary N) is 1. The Labute approximate surface area is 227 Å². The highest BCUT2D eigenvalue weighted by molar-refractivity contribution is 5.93. The van der Waals surface area contributed by atoms with E-state index in [4.69, 9.17) is 0 Å². The Morgan fingerprint density at radius 1 is 1.35 bits per heavy atom. The summed E-state index contributed by atoms with van der Waals surface area (Å²) in [6.45, 7) is 5.88. The molecule has 3 heterocycles. The highest BCUT2D eigenvalue weighted by Gasteiger charge is 2.47. The van der Waals surface area contributed by atoms with Crippen LogP contribution in [0.25, 0.3) is 0 Å². The summed E-state index contributed by atoms with van der Waals surface area (Å²) in [5.74, 6) is -6.12. The first-order chi connectivity index (χ1) is 18.6. The smallest absolute Gasteiger partial charge is 0.391 e. The van der Waals surface area contributed by atoms with Gasteiger partial charge in [0.1, 0.15) is 18.2 Å². The molecule has 0 aromatic carbocycles. The van der Waals surface area contributed by atoms with Crippen molar-refractivity contribution in [2.45, 2.75) is 64.4 Å². The number of aromatic nitrogens is 2. The molecule has 7 nitrogen and oxygen atoms in total. The third-order valence-electron chi connectivity index (χ3n) is 6.12. The number of nitrogens with zero attached hydrogens (tertiary/aromatic N) is 3. The summed E-state index contributed by atoms with van der Waals surface area (Å²) in [7, 11) is 0. The van der Waals surface area contributed by atoms with E-state index in [-0.39, 0.29) is 22.5 Å². The second kappa shape index (κ2) is 13.8. The van der Waals surface area contributed by atoms with Gasteiger partial charge in [0.05, 0.1) is 24.8 Å². The summed E-state index contributed by atoms with van der Waals surface area (Å²) in [5.41, 5.74) is -0.713. The van der Waals surface area contributed by atoms with Crippen molar-refractivity contribution in [2.75, 3.05) is 18.4 Å². The standard InChI is InChI=1S/C21H22F6N4O3.C6H10/c1-12(18(33)29-17-3-2-15(22)7-28-17)30-5-4-20(23,24)16(9-30)13-6-14(10-32)19(34)31(8-13)11-21(25,26)27;1-4-5-6(2)3/h2-3,6-8,12,16,32H,4-5,9-11H2,1H3,(H,28,29,33);4-5H,2H2,1,3H3/b;5-4-. The van der Waals surface area contributed by atoms with E-state index in [0.717, 1.165) is 30.1 Å². The van der Waals surface area contributed by atoms with Crippen LogP contribution in [0.1, 0.15) is 44.2 Å². The molecule has 1 saturated heterocycles. The Hall–Kier alpha value is -3.45. The average molecular weight is 575 g/mol. The molecule has 2 N–H and O–H groups in total. The average Bonchev–Trinajstić information content (AvgIpc) is 2.85. The molecule has 1 aliphatic heterocycles. The van der Waals surface area contributed by atoms with Crippen molar-refractivity contribution in [2.24, 2.45) is 0 Å². The van der Waals surface area contributed by atoms with Crippen molar-refractivity contribution in [3.05, 3.63) is 82.2 Å². The van der Waals surface area contributed by atoms with E-state index in [1.807, 2.05) is 26.0 Å². The molecule has 1 amide bonds. The van der Waals surface area contributed by atoms with E-state index in [0.29, 0.717) is 0 Å². The summed E-state index contributed by atoms with van der Waals surface area (Å²) in [6, 6.07) is 2.36. The van der Waals surface area contributed by atoms with E-state index in [9.17, 15) is 41.0 Å². The first-order valence-electron chi connectivity index (χ1n) is 12.3. The van der Waals surface area contributed by atoms with Crippen LogP contribution in [0.5, 0.6) is 0 Å². The molecule has 0 saturated carbocycles. The number of hydrogen-bond donors (Lipinski definition) is 2. The largest absolute Gasteiger partial charge is 0.406 e. The molecular formula is C27H32F6N4O3. The highest BCUT2D eigenvalue weighted by Crippen LogP contribution is 2.41.